The maximum Gasteiger partial charge on any atom is 0.0973 e. The molecule has 1 aromatic rings. The largest absolute Gasteiger partial charge is 0.293 e. The fourth-order valence-electron chi connectivity index (χ4n) is 0.928. The summed E-state index contributed by atoms with van der Waals surface area (Å²) in [5.41, 5.74) is 0.627. The first kappa shape index (κ1) is 12.4. The van der Waals surface area contributed by atoms with Crippen molar-refractivity contribution in [3.8, 4) is 0 Å². The van der Waals surface area contributed by atoms with Gasteiger partial charge in [-0.2, -0.15) is 0 Å². The number of hydrogen-bond donors (Lipinski definition) is 1. The quantitative estimate of drug-likeness (QED) is 0.497. The van der Waals surface area contributed by atoms with E-state index in [1.807, 2.05) is 0 Å². The molecule has 0 radical (unpaired) electrons. The van der Waals surface area contributed by atoms with E-state index in [0.29, 0.717) is 20.7 Å². The van der Waals surface area contributed by atoms with Crippen LogP contribution in [-0.4, -0.2) is 16.1 Å². The highest BCUT2D eigenvalue weighted by molar-refractivity contribution is 9.09. The maximum atomic E-state index is 7.79. The minimum Gasteiger partial charge on any atom is -0.293 e. The molecule has 0 aliphatic heterocycles. The van der Waals surface area contributed by atoms with Crippen LogP contribution in [0.15, 0.2) is 18.2 Å². The minimum atomic E-state index is 0.417. The first-order valence-corrected chi connectivity index (χ1v) is 6.75. The zero-order valence-electron chi connectivity index (χ0n) is 7.19. The predicted octanol–water partition coefficient (Wildman–Crippen LogP) is 4.45. The molecule has 0 spiro atoms. The highest BCUT2D eigenvalue weighted by Gasteiger charge is 2.10. The van der Waals surface area contributed by atoms with Crippen molar-refractivity contribution >= 4 is 55.9 Å². The van der Waals surface area contributed by atoms with Gasteiger partial charge >= 0.3 is 0 Å². The Morgan fingerprint density at radius 3 is 2.43 bits per heavy atom. The van der Waals surface area contributed by atoms with Crippen molar-refractivity contribution in [3.05, 3.63) is 33.8 Å². The van der Waals surface area contributed by atoms with Crippen LogP contribution < -0.4 is 0 Å². The second kappa shape index (κ2) is 6.01. The zero-order chi connectivity index (χ0) is 10.6. The summed E-state index contributed by atoms with van der Waals surface area (Å²) in [4.78, 5) is 0. The molecule has 0 saturated carbocycles. The maximum absolute atomic E-state index is 7.79. The highest BCUT2D eigenvalue weighted by Crippen LogP contribution is 2.28. The number of nitrogens with one attached hydrogen (secondary N) is 1. The molecule has 14 heavy (non-hydrogen) atoms. The van der Waals surface area contributed by atoms with Crippen molar-refractivity contribution in [2.45, 2.75) is 0 Å². The van der Waals surface area contributed by atoms with Gasteiger partial charge in [-0.1, -0.05) is 45.2 Å². The summed E-state index contributed by atoms with van der Waals surface area (Å²) in [7, 11) is 0. The molecule has 0 aliphatic rings. The van der Waals surface area contributed by atoms with Gasteiger partial charge in [-0.3, -0.25) is 5.41 Å². The molecule has 0 fully saturated rings. The van der Waals surface area contributed by atoms with Crippen LogP contribution in [0.1, 0.15) is 5.56 Å². The van der Waals surface area contributed by atoms with Crippen LogP contribution in [0.2, 0.25) is 10.0 Å². The lowest BCUT2D eigenvalue weighted by Crippen LogP contribution is -1.97. The minimum absolute atomic E-state index is 0.417. The Kier molecular flexibility index (Phi) is 5.31. The Bertz CT molecular complexity index is 323. The average molecular weight is 313 g/mol. The Hall–Kier alpha value is 0.300. The molecular formula is C9H8BrCl2NS. The van der Waals surface area contributed by atoms with Gasteiger partial charge < -0.3 is 0 Å². The van der Waals surface area contributed by atoms with Crippen molar-refractivity contribution in [1.29, 1.82) is 5.41 Å². The molecule has 1 rings (SSSR count). The molecule has 0 aromatic heterocycles. The van der Waals surface area contributed by atoms with Gasteiger partial charge in [0.2, 0.25) is 0 Å². The Morgan fingerprint density at radius 1 is 1.36 bits per heavy atom. The fraction of sp³-hybridized carbons (Fsp3) is 0.222. The molecule has 0 unspecified atom stereocenters. The van der Waals surface area contributed by atoms with Crippen LogP contribution in [0.5, 0.6) is 0 Å². The third-order valence-electron chi connectivity index (χ3n) is 1.51. The lowest BCUT2D eigenvalue weighted by molar-refractivity contribution is 1.51. The lowest BCUT2D eigenvalue weighted by atomic mass is 10.2. The van der Waals surface area contributed by atoms with E-state index in [2.05, 4.69) is 15.9 Å². The summed E-state index contributed by atoms with van der Waals surface area (Å²) in [6, 6.07) is 5.26. The molecule has 0 heterocycles. The first-order chi connectivity index (χ1) is 6.66. The van der Waals surface area contributed by atoms with Gasteiger partial charge in [-0.05, 0) is 12.1 Å². The van der Waals surface area contributed by atoms with Crippen molar-refractivity contribution in [2.75, 3.05) is 11.1 Å². The van der Waals surface area contributed by atoms with Crippen LogP contribution in [0.3, 0.4) is 0 Å². The fourth-order valence-corrected chi connectivity index (χ4v) is 2.76. The van der Waals surface area contributed by atoms with E-state index in [9.17, 15) is 0 Å². The highest BCUT2D eigenvalue weighted by atomic mass is 79.9. The summed E-state index contributed by atoms with van der Waals surface area (Å²) < 4.78 is 0. The number of rotatable bonds is 3. The number of halogens is 3. The number of alkyl halides is 1. The SMILES string of the molecule is N=C(SCCBr)c1c(Cl)cccc1Cl. The van der Waals surface area contributed by atoms with Crippen molar-refractivity contribution < 1.29 is 0 Å². The normalized spacial score (nSPS) is 10.2. The third kappa shape index (κ3) is 3.16. The van der Waals surface area contributed by atoms with Gasteiger partial charge in [0.15, 0.2) is 0 Å². The molecule has 0 atom stereocenters. The molecule has 0 amide bonds. The van der Waals surface area contributed by atoms with E-state index in [-0.39, 0.29) is 0 Å². The van der Waals surface area contributed by atoms with Crippen LogP contribution in [0.4, 0.5) is 0 Å². The smallest absolute Gasteiger partial charge is 0.0973 e. The van der Waals surface area contributed by atoms with E-state index in [1.54, 1.807) is 18.2 Å². The molecule has 0 aliphatic carbocycles. The summed E-state index contributed by atoms with van der Waals surface area (Å²) >= 11 is 16.6. The van der Waals surface area contributed by atoms with Gasteiger partial charge in [0.25, 0.3) is 0 Å². The summed E-state index contributed by atoms with van der Waals surface area (Å²) in [6.07, 6.45) is 0. The van der Waals surface area contributed by atoms with Crippen molar-refractivity contribution in [2.24, 2.45) is 0 Å². The van der Waals surface area contributed by atoms with Gasteiger partial charge in [0.1, 0.15) is 0 Å². The van der Waals surface area contributed by atoms with Crippen LogP contribution in [0, 0.1) is 5.41 Å². The van der Waals surface area contributed by atoms with Gasteiger partial charge in [0, 0.05) is 16.6 Å². The number of benzene rings is 1. The van der Waals surface area contributed by atoms with E-state index in [0.717, 1.165) is 11.1 Å². The Labute approximate surface area is 106 Å². The van der Waals surface area contributed by atoms with Crippen molar-refractivity contribution in [3.63, 3.8) is 0 Å². The van der Waals surface area contributed by atoms with Crippen molar-refractivity contribution in [1.82, 2.24) is 0 Å². The van der Waals surface area contributed by atoms with Gasteiger partial charge in [0.05, 0.1) is 15.1 Å². The van der Waals surface area contributed by atoms with E-state index >= 15 is 0 Å². The molecule has 1 aromatic carbocycles. The summed E-state index contributed by atoms with van der Waals surface area (Å²) in [6.45, 7) is 0. The molecular weight excluding hydrogens is 305 g/mol. The topological polar surface area (TPSA) is 23.9 Å². The second-order valence-corrected chi connectivity index (χ2v) is 5.18. The lowest BCUT2D eigenvalue weighted by Gasteiger charge is -2.06. The Balaban J connectivity index is 2.89. The van der Waals surface area contributed by atoms with Gasteiger partial charge in [-0.25, -0.2) is 0 Å². The number of hydrogen-bond acceptors (Lipinski definition) is 2. The zero-order valence-corrected chi connectivity index (χ0v) is 11.1. The van der Waals surface area contributed by atoms with E-state index < -0.39 is 0 Å². The third-order valence-corrected chi connectivity index (χ3v) is 3.97. The second-order valence-electron chi connectivity index (χ2n) is 2.46. The monoisotopic (exact) mass is 311 g/mol. The van der Waals surface area contributed by atoms with E-state index in [4.69, 9.17) is 28.6 Å². The summed E-state index contributed by atoms with van der Waals surface area (Å²) in [5, 5.41) is 10.1. The molecule has 76 valence electrons. The Morgan fingerprint density at radius 2 is 1.93 bits per heavy atom. The van der Waals surface area contributed by atoms with Crippen LogP contribution >= 0.6 is 50.9 Å². The molecule has 1 N–H and O–H groups in total. The molecule has 0 bridgehead atoms. The van der Waals surface area contributed by atoms with Crippen LogP contribution in [0.25, 0.3) is 0 Å². The van der Waals surface area contributed by atoms with Crippen LogP contribution in [-0.2, 0) is 0 Å². The van der Waals surface area contributed by atoms with Gasteiger partial charge in [-0.15, -0.1) is 11.8 Å². The van der Waals surface area contributed by atoms with E-state index in [1.165, 1.54) is 11.8 Å². The molecule has 0 saturated heterocycles. The number of thioether (sulfide) groups is 1. The first-order valence-electron chi connectivity index (χ1n) is 3.88. The predicted molar refractivity (Wildman–Crippen MR) is 69.5 cm³/mol. The average Bonchev–Trinajstić information content (AvgIpc) is 2.14. The summed E-state index contributed by atoms with van der Waals surface area (Å²) in [5.74, 6) is 0.834. The molecule has 1 nitrogen and oxygen atoms in total. The standard InChI is InChI=1S/C9H8BrCl2NS/c10-4-5-14-9(13)8-6(11)2-1-3-7(8)12/h1-3,13H,4-5H2. The molecule has 5 heteroatoms.